The fourth-order valence-electron chi connectivity index (χ4n) is 3.56. The average Bonchev–Trinajstić information content (AvgIpc) is 2.57. The Balaban J connectivity index is 1.84. The quantitative estimate of drug-likeness (QED) is 0.921. The third-order valence-corrected chi connectivity index (χ3v) is 4.87. The molecule has 0 spiro atoms. The molecule has 1 fully saturated rings. The van der Waals surface area contributed by atoms with Crippen LogP contribution in [0.15, 0.2) is 60.7 Å². The number of nitrogens with zero attached hydrogens (tertiary/aromatic N) is 1. The molecule has 3 unspecified atom stereocenters. The predicted octanol–water partition coefficient (Wildman–Crippen LogP) is 4.02. The van der Waals surface area contributed by atoms with Crippen LogP contribution in [0.3, 0.4) is 0 Å². The van der Waals surface area contributed by atoms with Crippen LogP contribution in [0.5, 0.6) is 0 Å². The molecule has 2 heteroatoms. The number of rotatable bonds is 4. The Bertz CT molecular complexity index is 569. The fraction of sp³-hybridized carbons (Fsp3) is 0.400. The van der Waals surface area contributed by atoms with Gasteiger partial charge in [0, 0.05) is 19.1 Å². The van der Waals surface area contributed by atoms with E-state index in [9.17, 15) is 5.11 Å². The first-order valence-electron chi connectivity index (χ1n) is 8.29. The van der Waals surface area contributed by atoms with Gasteiger partial charge in [-0.05, 0) is 23.5 Å². The number of aliphatic hydroxyl groups is 1. The SMILES string of the molecule is CCC1CC(c2ccccc2)N(Cc2ccccc2)CC1O. The van der Waals surface area contributed by atoms with Crippen molar-refractivity contribution in [3.8, 4) is 0 Å². The van der Waals surface area contributed by atoms with E-state index in [1.807, 2.05) is 0 Å². The summed E-state index contributed by atoms with van der Waals surface area (Å²) in [7, 11) is 0. The molecule has 1 N–H and O–H groups in total. The van der Waals surface area contributed by atoms with Crippen molar-refractivity contribution in [1.29, 1.82) is 0 Å². The highest BCUT2D eigenvalue weighted by molar-refractivity contribution is 5.21. The Labute approximate surface area is 133 Å². The average molecular weight is 295 g/mol. The van der Waals surface area contributed by atoms with Crippen LogP contribution in [0.25, 0.3) is 0 Å². The molecule has 3 atom stereocenters. The maximum absolute atomic E-state index is 10.4. The normalized spacial score (nSPS) is 26.0. The van der Waals surface area contributed by atoms with E-state index in [-0.39, 0.29) is 6.10 Å². The summed E-state index contributed by atoms with van der Waals surface area (Å²) in [4.78, 5) is 2.43. The second-order valence-corrected chi connectivity index (χ2v) is 6.31. The first-order chi connectivity index (χ1) is 10.8. The number of hydrogen-bond acceptors (Lipinski definition) is 2. The minimum Gasteiger partial charge on any atom is -0.392 e. The second kappa shape index (κ2) is 7.08. The van der Waals surface area contributed by atoms with Gasteiger partial charge >= 0.3 is 0 Å². The molecule has 1 saturated heterocycles. The van der Waals surface area contributed by atoms with Crippen LogP contribution in [0.1, 0.15) is 36.9 Å². The van der Waals surface area contributed by atoms with E-state index in [1.54, 1.807) is 0 Å². The summed E-state index contributed by atoms with van der Waals surface area (Å²) in [6.45, 7) is 3.84. The Kier molecular flexibility index (Phi) is 4.91. The van der Waals surface area contributed by atoms with Crippen molar-refractivity contribution < 1.29 is 5.11 Å². The third-order valence-electron chi connectivity index (χ3n) is 4.87. The van der Waals surface area contributed by atoms with Gasteiger partial charge in [-0.15, -0.1) is 0 Å². The van der Waals surface area contributed by atoms with E-state index in [4.69, 9.17) is 0 Å². The van der Waals surface area contributed by atoms with Gasteiger partial charge in [-0.25, -0.2) is 0 Å². The molecule has 0 aliphatic carbocycles. The van der Waals surface area contributed by atoms with Crippen molar-refractivity contribution in [1.82, 2.24) is 4.90 Å². The molecule has 0 saturated carbocycles. The van der Waals surface area contributed by atoms with Gasteiger partial charge < -0.3 is 5.11 Å². The van der Waals surface area contributed by atoms with Crippen LogP contribution in [0.4, 0.5) is 0 Å². The first-order valence-corrected chi connectivity index (χ1v) is 8.29. The van der Waals surface area contributed by atoms with Gasteiger partial charge in [-0.2, -0.15) is 0 Å². The Hall–Kier alpha value is -1.64. The maximum Gasteiger partial charge on any atom is 0.0696 e. The van der Waals surface area contributed by atoms with Crippen LogP contribution in [-0.4, -0.2) is 22.7 Å². The summed E-state index contributed by atoms with van der Waals surface area (Å²) in [6, 6.07) is 21.7. The van der Waals surface area contributed by atoms with Crippen molar-refractivity contribution in [3.63, 3.8) is 0 Å². The van der Waals surface area contributed by atoms with Gasteiger partial charge in [0.05, 0.1) is 6.10 Å². The van der Waals surface area contributed by atoms with E-state index >= 15 is 0 Å². The molecule has 1 aliphatic rings. The standard InChI is InChI=1S/C20H25NO/c1-2-17-13-19(18-11-7-4-8-12-18)21(15-20(17)22)14-16-9-5-3-6-10-16/h3-12,17,19-20,22H,2,13-15H2,1H3. The first kappa shape index (κ1) is 15.3. The predicted molar refractivity (Wildman–Crippen MR) is 90.4 cm³/mol. The van der Waals surface area contributed by atoms with Gasteiger partial charge in [-0.3, -0.25) is 4.90 Å². The molecule has 2 aromatic carbocycles. The highest BCUT2D eigenvalue weighted by Crippen LogP contribution is 2.36. The van der Waals surface area contributed by atoms with E-state index in [2.05, 4.69) is 72.5 Å². The molecule has 0 radical (unpaired) electrons. The summed E-state index contributed by atoms with van der Waals surface area (Å²) < 4.78 is 0. The zero-order valence-electron chi connectivity index (χ0n) is 13.2. The van der Waals surface area contributed by atoms with E-state index in [1.165, 1.54) is 11.1 Å². The number of β-amino-alcohol motifs (C(OH)–C–C–N with tert-alkyl or cyclic N) is 1. The number of aliphatic hydroxyl groups excluding tert-OH is 1. The Morgan fingerprint density at radius 2 is 1.64 bits per heavy atom. The zero-order valence-corrected chi connectivity index (χ0v) is 13.2. The van der Waals surface area contributed by atoms with Crippen molar-refractivity contribution in [3.05, 3.63) is 71.8 Å². The van der Waals surface area contributed by atoms with Gasteiger partial charge in [-0.1, -0.05) is 74.0 Å². The molecule has 116 valence electrons. The van der Waals surface area contributed by atoms with Crippen LogP contribution < -0.4 is 0 Å². The van der Waals surface area contributed by atoms with Gasteiger partial charge in [0.1, 0.15) is 0 Å². The Morgan fingerprint density at radius 1 is 1.00 bits per heavy atom. The van der Waals surface area contributed by atoms with Crippen molar-refractivity contribution in [2.75, 3.05) is 6.54 Å². The number of hydrogen-bond donors (Lipinski definition) is 1. The van der Waals surface area contributed by atoms with Crippen LogP contribution in [-0.2, 0) is 6.54 Å². The molecule has 3 rings (SSSR count). The lowest BCUT2D eigenvalue weighted by atomic mass is 9.83. The van der Waals surface area contributed by atoms with Gasteiger partial charge in [0.15, 0.2) is 0 Å². The molecule has 1 aliphatic heterocycles. The molecule has 22 heavy (non-hydrogen) atoms. The molecular weight excluding hydrogens is 270 g/mol. The monoisotopic (exact) mass is 295 g/mol. The molecule has 0 aromatic heterocycles. The molecule has 2 aromatic rings. The molecule has 2 nitrogen and oxygen atoms in total. The molecule has 0 amide bonds. The van der Waals surface area contributed by atoms with Gasteiger partial charge in [0.2, 0.25) is 0 Å². The Morgan fingerprint density at radius 3 is 2.27 bits per heavy atom. The zero-order chi connectivity index (χ0) is 15.4. The summed E-state index contributed by atoms with van der Waals surface area (Å²) in [6.07, 6.45) is 1.87. The molecule has 0 bridgehead atoms. The van der Waals surface area contributed by atoms with E-state index < -0.39 is 0 Å². The minimum absolute atomic E-state index is 0.214. The summed E-state index contributed by atoms with van der Waals surface area (Å²) in [5.74, 6) is 0.400. The summed E-state index contributed by atoms with van der Waals surface area (Å²) in [5.41, 5.74) is 2.68. The smallest absolute Gasteiger partial charge is 0.0696 e. The number of benzene rings is 2. The summed E-state index contributed by atoms with van der Waals surface area (Å²) in [5, 5.41) is 10.4. The second-order valence-electron chi connectivity index (χ2n) is 6.31. The van der Waals surface area contributed by atoms with Crippen molar-refractivity contribution >= 4 is 0 Å². The minimum atomic E-state index is -0.214. The maximum atomic E-state index is 10.4. The number of piperidine rings is 1. The third kappa shape index (κ3) is 3.40. The van der Waals surface area contributed by atoms with Crippen LogP contribution in [0.2, 0.25) is 0 Å². The van der Waals surface area contributed by atoms with Gasteiger partial charge in [0.25, 0.3) is 0 Å². The fourth-order valence-corrected chi connectivity index (χ4v) is 3.56. The summed E-state index contributed by atoms with van der Waals surface area (Å²) >= 11 is 0. The molecular formula is C20H25NO. The van der Waals surface area contributed by atoms with Crippen molar-refractivity contribution in [2.24, 2.45) is 5.92 Å². The highest BCUT2D eigenvalue weighted by Gasteiger charge is 2.34. The van der Waals surface area contributed by atoms with Crippen LogP contribution in [0, 0.1) is 5.92 Å². The number of likely N-dealkylation sites (tertiary alicyclic amines) is 1. The largest absolute Gasteiger partial charge is 0.392 e. The van der Waals surface area contributed by atoms with Crippen molar-refractivity contribution in [2.45, 2.75) is 38.5 Å². The van der Waals surface area contributed by atoms with Crippen LogP contribution >= 0.6 is 0 Å². The molecule has 1 heterocycles. The van der Waals surface area contributed by atoms with E-state index in [0.29, 0.717) is 12.0 Å². The topological polar surface area (TPSA) is 23.5 Å². The lowest BCUT2D eigenvalue weighted by molar-refractivity contribution is -0.0158. The lowest BCUT2D eigenvalue weighted by Gasteiger charge is -2.42. The highest BCUT2D eigenvalue weighted by atomic mass is 16.3. The van der Waals surface area contributed by atoms with E-state index in [0.717, 1.165) is 25.9 Å². The lowest BCUT2D eigenvalue weighted by Crippen LogP contribution is -2.45.